The van der Waals surface area contributed by atoms with Crippen LogP contribution >= 0.6 is 0 Å². The van der Waals surface area contributed by atoms with Gasteiger partial charge in [-0.05, 0) is 44.5 Å². The highest BCUT2D eigenvalue weighted by atomic mass is 16.5. The Balaban J connectivity index is 0.00000342. The van der Waals surface area contributed by atoms with Gasteiger partial charge in [0, 0.05) is 31.4 Å². The van der Waals surface area contributed by atoms with Crippen molar-refractivity contribution < 1.29 is 5.95 Å². The molecule has 0 aliphatic carbocycles. The van der Waals surface area contributed by atoms with Crippen molar-refractivity contribution in [1.82, 2.24) is 25.4 Å². The second kappa shape index (κ2) is 9.94. The quantitative estimate of drug-likeness (QED) is 0.363. The van der Waals surface area contributed by atoms with E-state index in [9.17, 15) is 5.26 Å². The topological polar surface area (TPSA) is 101 Å². The normalized spacial score (nSPS) is 11.4. The summed E-state index contributed by atoms with van der Waals surface area (Å²) in [6, 6.07) is 16.4. The zero-order valence-corrected chi connectivity index (χ0v) is 20.0. The summed E-state index contributed by atoms with van der Waals surface area (Å²) in [6.45, 7) is 6.74. The minimum Gasteiger partial charge on any atom is -0.354 e. The van der Waals surface area contributed by atoms with Crippen LogP contribution in [0.5, 0.6) is 0 Å². The number of nitriles is 1. The first-order valence-corrected chi connectivity index (χ1v) is 11.5. The highest BCUT2D eigenvalue weighted by Gasteiger charge is 2.30. The van der Waals surface area contributed by atoms with E-state index in [1.54, 1.807) is 12.4 Å². The average Bonchev–Trinajstić information content (AvgIpc) is 3.37. The molecule has 0 saturated carbocycles. The van der Waals surface area contributed by atoms with E-state index in [2.05, 4.69) is 38.6 Å². The Labute approximate surface area is 201 Å². The minimum absolute atomic E-state index is 0. The number of aryl methyl sites for hydroxylation is 1. The largest absolute Gasteiger partial charge is 0.354 e. The molecule has 0 aliphatic rings. The highest BCUT2D eigenvalue weighted by Crippen LogP contribution is 2.33. The predicted molar refractivity (Wildman–Crippen MR) is 134 cm³/mol. The maximum atomic E-state index is 9.82. The summed E-state index contributed by atoms with van der Waals surface area (Å²) >= 11 is 0. The molecule has 0 radical (unpaired) electrons. The molecule has 4 aromatic rings. The Bertz CT molecular complexity index is 1320. The van der Waals surface area contributed by atoms with Gasteiger partial charge in [0.15, 0.2) is 5.76 Å². The van der Waals surface area contributed by atoms with Crippen LogP contribution in [0.25, 0.3) is 34.0 Å². The molecule has 0 atom stereocenters. The fourth-order valence-electron chi connectivity index (χ4n) is 4.02. The van der Waals surface area contributed by atoms with Crippen LogP contribution in [0.15, 0.2) is 59.4 Å². The van der Waals surface area contributed by atoms with E-state index < -0.39 is 5.41 Å². The van der Waals surface area contributed by atoms with Crippen LogP contribution in [-0.2, 0) is 12.0 Å². The number of nitrogens with zero attached hydrogens (tertiary/aromatic N) is 5. The van der Waals surface area contributed by atoms with Gasteiger partial charge < -0.3 is 9.84 Å². The van der Waals surface area contributed by atoms with Gasteiger partial charge in [-0.1, -0.05) is 43.3 Å². The molecule has 7 nitrogen and oxygen atoms in total. The molecule has 0 bridgehead atoms. The summed E-state index contributed by atoms with van der Waals surface area (Å²) in [4.78, 5) is 13.9. The standard InChI is InChI=1S/C27H28N6O.H2/c1-5-27(6-2,17-28)25-13-21(11-12-30-25)23-16-31-18(3)26(32-23)24-14-22(33-34-24)20-9-7-19(8-10-20)15-29-4;/h7-14,16,29H,5-6,15H2,1-4H3;1H. The minimum atomic E-state index is -0.612. The van der Waals surface area contributed by atoms with Crippen LogP contribution in [0.1, 0.15) is 45.1 Å². The summed E-state index contributed by atoms with van der Waals surface area (Å²) in [5.74, 6) is 0.559. The van der Waals surface area contributed by atoms with E-state index in [0.717, 1.165) is 34.8 Å². The molecular weight excluding hydrogens is 424 g/mol. The van der Waals surface area contributed by atoms with E-state index in [1.807, 2.05) is 58.2 Å². The molecule has 3 aromatic heterocycles. The lowest BCUT2D eigenvalue weighted by atomic mass is 9.80. The van der Waals surface area contributed by atoms with E-state index in [4.69, 9.17) is 9.51 Å². The molecule has 0 aliphatic heterocycles. The first kappa shape index (κ1) is 23.3. The van der Waals surface area contributed by atoms with Gasteiger partial charge in [-0.3, -0.25) is 9.97 Å². The molecule has 34 heavy (non-hydrogen) atoms. The average molecular weight is 455 g/mol. The summed E-state index contributed by atoms with van der Waals surface area (Å²) in [5.41, 5.74) is 6.00. The lowest BCUT2D eigenvalue weighted by Crippen LogP contribution is -2.23. The number of nitrogens with one attached hydrogen (secondary N) is 1. The molecule has 0 fully saturated rings. The molecule has 0 unspecified atom stereocenters. The number of hydrogen-bond donors (Lipinski definition) is 1. The highest BCUT2D eigenvalue weighted by molar-refractivity contribution is 5.68. The molecular formula is C27H30N6O. The Kier molecular flexibility index (Phi) is 6.80. The number of benzene rings is 1. The van der Waals surface area contributed by atoms with Gasteiger partial charge in [0.1, 0.15) is 11.4 Å². The van der Waals surface area contributed by atoms with Gasteiger partial charge in [0.25, 0.3) is 0 Å². The number of hydrogen-bond acceptors (Lipinski definition) is 7. The SMILES string of the molecule is CCC(C#N)(CC)c1cc(-c2cnc(C)c(-c3cc(-c4ccc(CNC)cc4)no3)n2)ccn1.[HH]. The third-order valence-corrected chi connectivity index (χ3v) is 6.30. The van der Waals surface area contributed by atoms with Crippen LogP contribution in [-0.4, -0.2) is 27.2 Å². The van der Waals surface area contributed by atoms with Crippen molar-refractivity contribution >= 4 is 0 Å². The van der Waals surface area contributed by atoms with E-state index in [-0.39, 0.29) is 1.43 Å². The monoisotopic (exact) mass is 454 g/mol. The van der Waals surface area contributed by atoms with Gasteiger partial charge in [-0.2, -0.15) is 5.26 Å². The zero-order chi connectivity index (χ0) is 24.1. The van der Waals surface area contributed by atoms with Crippen LogP contribution < -0.4 is 5.32 Å². The second-order valence-corrected chi connectivity index (χ2v) is 8.32. The van der Waals surface area contributed by atoms with Crippen molar-refractivity contribution in [2.75, 3.05) is 7.05 Å². The Morgan fingerprint density at radius 3 is 2.47 bits per heavy atom. The van der Waals surface area contributed by atoms with Gasteiger partial charge in [0.05, 0.1) is 34.8 Å². The molecule has 1 N–H and O–H groups in total. The first-order chi connectivity index (χ1) is 16.5. The summed E-state index contributed by atoms with van der Waals surface area (Å²) in [6.07, 6.45) is 4.85. The number of aromatic nitrogens is 4. The van der Waals surface area contributed by atoms with E-state index in [0.29, 0.717) is 30.0 Å². The van der Waals surface area contributed by atoms with Crippen LogP contribution in [0.2, 0.25) is 0 Å². The van der Waals surface area contributed by atoms with Gasteiger partial charge >= 0.3 is 0 Å². The first-order valence-electron chi connectivity index (χ1n) is 11.5. The third-order valence-electron chi connectivity index (χ3n) is 6.30. The Morgan fingerprint density at radius 1 is 1.03 bits per heavy atom. The van der Waals surface area contributed by atoms with Crippen molar-refractivity contribution in [3.05, 3.63) is 71.8 Å². The molecule has 4 rings (SSSR count). The smallest absolute Gasteiger partial charge is 0.187 e. The van der Waals surface area contributed by atoms with Crippen LogP contribution in [0.4, 0.5) is 0 Å². The summed E-state index contributed by atoms with van der Waals surface area (Å²) in [7, 11) is 1.93. The van der Waals surface area contributed by atoms with E-state index in [1.165, 1.54) is 5.56 Å². The fourth-order valence-corrected chi connectivity index (χ4v) is 4.02. The third kappa shape index (κ3) is 4.45. The van der Waals surface area contributed by atoms with Crippen molar-refractivity contribution in [3.63, 3.8) is 0 Å². The summed E-state index contributed by atoms with van der Waals surface area (Å²) < 4.78 is 5.66. The number of pyridine rings is 1. The molecule has 1 aromatic carbocycles. The molecule has 7 heteroatoms. The van der Waals surface area contributed by atoms with Crippen LogP contribution in [0, 0.1) is 18.3 Å². The summed E-state index contributed by atoms with van der Waals surface area (Å²) in [5, 5.41) is 17.2. The molecule has 174 valence electrons. The molecule has 0 spiro atoms. The predicted octanol–water partition coefficient (Wildman–Crippen LogP) is 5.72. The zero-order valence-electron chi connectivity index (χ0n) is 20.0. The van der Waals surface area contributed by atoms with Crippen molar-refractivity contribution in [2.24, 2.45) is 0 Å². The van der Waals surface area contributed by atoms with Gasteiger partial charge in [-0.15, -0.1) is 0 Å². The second-order valence-electron chi connectivity index (χ2n) is 8.32. The molecule has 0 amide bonds. The lowest BCUT2D eigenvalue weighted by molar-refractivity contribution is 0.433. The fraction of sp³-hybridized carbons (Fsp3) is 0.296. The van der Waals surface area contributed by atoms with Crippen LogP contribution in [0.3, 0.4) is 0 Å². The Morgan fingerprint density at radius 2 is 1.79 bits per heavy atom. The van der Waals surface area contributed by atoms with Crippen molar-refractivity contribution in [3.8, 4) is 40.0 Å². The number of rotatable bonds is 8. The lowest BCUT2D eigenvalue weighted by Gasteiger charge is -2.23. The van der Waals surface area contributed by atoms with Crippen molar-refractivity contribution in [1.29, 1.82) is 5.26 Å². The molecule has 3 heterocycles. The van der Waals surface area contributed by atoms with Crippen molar-refractivity contribution in [2.45, 2.75) is 45.6 Å². The van der Waals surface area contributed by atoms with Gasteiger partial charge in [-0.25, -0.2) is 4.98 Å². The van der Waals surface area contributed by atoms with E-state index >= 15 is 0 Å². The Hall–Kier alpha value is -3.89. The maximum Gasteiger partial charge on any atom is 0.187 e. The maximum absolute atomic E-state index is 9.82. The molecule has 0 saturated heterocycles. The van der Waals surface area contributed by atoms with Gasteiger partial charge in [0.2, 0.25) is 0 Å².